The van der Waals surface area contributed by atoms with E-state index in [-0.39, 0.29) is 23.3 Å². The molecule has 246 valence electrons. The zero-order chi connectivity index (χ0) is 31.8. The highest BCUT2D eigenvalue weighted by atomic mass is 19.3. The smallest absolute Gasteiger partial charge is 0.284 e. The minimum atomic E-state index is -2.83. The van der Waals surface area contributed by atoms with Gasteiger partial charge in [-0.3, -0.25) is 9.48 Å². The Bertz CT molecular complexity index is 1370. The Morgan fingerprint density at radius 1 is 1.13 bits per heavy atom. The summed E-state index contributed by atoms with van der Waals surface area (Å²) in [6, 6.07) is 3.63. The van der Waals surface area contributed by atoms with E-state index in [0.29, 0.717) is 30.6 Å². The molecule has 2 aliphatic rings. The molecule has 0 radical (unpaired) electrons. The molecular weight excluding hydrogens is 582 g/mol. The number of aromatic nitrogens is 4. The van der Waals surface area contributed by atoms with Gasteiger partial charge in [0.2, 0.25) is 5.89 Å². The Balaban J connectivity index is 1.14. The lowest BCUT2D eigenvalue weighted by molar-refractivity contribution is 0.102. The highest BCUT2D eigenvalue weighted by Crippen LogP contribution is 2.35. The molecule has 2 fully saturated rings. The molecule has 0 atom stereocenters. The van der Waals surface area contributed by atoms with Crippen molar-refractivity contribution in [2.45, 2.75) is 63.8 Å². The van der Waals surface area contributed by atoms with Gasteiger partial charge in [-0.25, -0.2) is 18.7 Å². The fourth-order valence-electron chi connectivity index (χ4n) is 5.94. The van der Waals surface area contributed by atoms with Crippen LogP contribution in [0.5, 0.6) is 0 Å². The van der Waals surface area contributed by atoms with Gasteiger partial charge in [0.15, 0.2) is 11.4 Å². The van der Waals surface area contributed by atoms with E-state index in [9.17, 15) is 13.6 Å². The fourth-order valence-corrected chi connectivity index (χ4v) is 5.94. The third-order valence-electron chi connectivity index (χ3n) is 8.65. The zero-order valence-corrected chi connectivity index (χ0v) is 26.3. The van der Waals surface area contributed by atoms with Crippen LogP contribution >= 0.6 is 0 Å². The number of halogens is 2. The molecule has 3 heterocycles. The molecule has 5 rings (SSSR count). The number of anilines is 2. The molecule has 3 aromatic rings. The predicted octanol–water partition coefficient (Wildman–Crippen LogP) is 5.39. The SMILES string of the molecule is CN(CCCOCCCN)C[C@H]1CC[C@H](n2cc(NC(=O)c3coc(-c4ccnc(N(C)CC5CC5)c4)n3)c(C(F)F)n2)CC1. The number of carbonyl (C=O) groups excluding carboxylic acids is 1. The van der Waals surface area contributed by atoms with E-state index in [1.165, 1.54) is 25.3 Å². The lowest BCUT2D eigenvalue weighted by atomic mass is 9.86. The summed E-state index contributed by atoms with van der Waals surface area (Å²) in [6.45, 7) is 5.00. The molecule has 45 heavy (non-hydrogen) atoms. The van der Waals surface area contributed by atoms with E-state index < -0.39 is 18.0 Å². The van der Waals surface area contributed by atoms with E-state index >= 15 is 0 Å². The van der Waals surface area contributed by atoms with E-state index in [0.717, 1.165) is 70.6 Å². The number of nitrogens with two attached hydrogens (primary N) is 1. The van der Waals surface area contributed by atoms with Crippen molar-refractivity contribution in [1.29, 1.82) is 0 Å². The van der Waals surface area contributed by atoms with E-state index in [1.807, 2.05) is 13.1 Å². The van der Waals surface area contributed by atoms with Crippen molar-refractivity contribution < 1.29 is 22.7 Å². The molecule has 0 bridgehead atoms. The van der Waals surface area contributed by atoms with Crippen LogP contribution in [-0.4, -0.2) is 84.0 Å². The Morgan fingerprint density at radius 2 is 1.87 bits per heavy atom. The molecule has 1 amide bonds. The summed E-state index contributed by atoms with van der Waals surface area (Å²) in [5.41, 5.74) is 5.71. The maximum absolute atomic E-state index is 14.0. The highest BCUT2D eigenvalue weighted by Gasteiger charge is 2.28. The molecule has 0 aromatic carbocycles. The van der Waals surface area contributed by atoms with Crippen LogP contribution in [0.1, 0.15) is 80.0 Å². The molecule has 11 nitrogen and oxygen atoms in total. The van der Waals surface area contributed by atoms with Crippen molar-refractivity contribution in [2.24, 2.45) is 17.6 Å². The van der Waals surface area contributed by atoms with Crippen LogP contribution in [0.25, 0.3) is 11.5 Å². The van der Waals surface area contributed by atoms with Gasteiger partial charge in [-0.15, -0.1) is 0 Å². The number of ether oxygens (including phenoxy) is 1. The summed E-state index contributed by atoms with van der Waals surface area (Å²) in [5.74, 6) is 1.66. The number of nitrogens with one attached hydrogen (secondary N) is 1. The summed E-state index contributed by atoms with van der Waals surface area (Å²) in [7, 11) is 4.12. The zero-order valence-electron chi connectivity index (χ0n) is 26.3. The van der Waals surface area contributed by atoms with Gasteiger partial charge in [0, 0.05) is 57.9 Å². The second-order valence-corrected chi connectivity index (χ2v) is 12.5. The van der Waals surface area contributed by atoms with Gasteiger partial charge in [-0.1, -0.05) is 0 Å². The lowest BCUT2D eigenvalue weighted by Crippen LogP contribution is -2.30. The van der Waals surface area contributed by atoms with Gasteiger partial charge >= 0.3 is 0 Å². The van der Waals surface area contributed by atoms with Crippen molar-refractivity contribution in [1.82, 2.24) is 24.6 Å². The molecule has 0 saturated heterocycles. The number of pyridine rings is 1. The molecule has 2 aliphatic carbocycles. The van der Waals surface area contributed by atoms with Crippen molar-refractivity contribution in [2.75, 3.05) is 63.7 Å². The van der Waals surface area contributed by atoms with Gasteiger partial charge in [-0.2, -0.15) is 5.10 Å². The number of carbonyl (C=O) groups is 1. The average Bonchev–Trinajstić information content (AvgIpc) is 3.52. The van der Waals surface area contributed by atoms with Crippen molar-refractivity contribution in [3.63, 3.8) is 0 Å². The Morgan fingerprint density at radius 3 is 2.60 bits per heavy atom. The van der Waals surface area contributed by atoms with Gasteiger partial charge < -0.3 is 30.0 Å². The third-order valence-corrected chi connectivity index (χ3v) is 8.65. The van der Waals surface area contributed by atoms with Gasteiger partial charge in [0.1, 0.15) is 12.1 Å². The Hall–Kier alpha value is -3.42. The maximum Gasteiger partial charge on any atom is 0.284 e. The van der Waals surface area contributed by atoms with Crippen LogP contribution in [0.4, 0.5) is 20.3 Å². The van der Waals surface area contributed by atoms with Crippen LogP contribution < -0.4 is 16.0 Å². The summed E-state index contributed by atoms with van der Waals surface area (Å²) in [5, 5.41) is 6.80. The predicted molar refractivity (Wildman–Crippen MR) is 168 cm³/mol. The minimum absolute atomic E-state index is 0.00300. The van der Waals surface area contributed by atoms with Crippen LogP contribution in [0.2, 0.25) is 0 Å². The summed E-state index contributed by atoms with van der Waals surface area (Å²) >= 11 is 0. The lowest BCUT2D eigenvalue weighted by Gasteiger charge is -2.31. The van der Waals surface area contributed by atoms with Gasteiger partial charge in [-0.05, 0) is 88.9 Å². The quantitative estimate of drug-likeness (QED) is 0.189. The van der Waals surface area contributed by atoms with E-state index in [1.54, 1.807) is 16.9 Å². The summed E-state index contributed by atoms with van der Waals surface area (Å²) in [4.78, 5) is 26.3. The molecule has 3 aromatic heterocycles. The second kappa shape index (κ2) is 15.7. The van der Waals surface area contributed by atoms with Crippen molar-refractivity contribution >= 4 is 17.4 Å². The molecule has 3 N–H and O–H groups in total. The first-order valence-electron chi connectivity index (χ1n) is 16.1. The number of hydrogen-bond donors (Lipinski definition) is 2. The van der Waals surface area contributed by atoms with E-state index in [4.69, 9.17) is 14.9 Å². The largest absolute Gasteiger partial charge is 0.444 e. The monoisotopic (exact) mass is 628 g/mol. The maximum atomic E-state index is 14.0. The highest BCUT2D eigenvalue weighted by molar-refractivity contribution is 6.03. The van der Waals surface area contributed by atoms with Gasteiger partial charge in [0.25, 0.3) is 12.3 Å². The number of oxazole rings is 1. The standard InChI is InChI=1S/C32H46F2N8O3/c1-40(14-4-16-44-15-3-12-35)18-22-7-9-25(10-8-22)42-20-26(29(39-42)30(33)34)37-31(43)27-21-45-32(38-27)24-11-13-36-28(17-24)41(2)19-23-5-6-23/h11,13,17,20-23,25,30H,3-10,12,14-16,18-19,35H2,1-2H3,(H,37,43)/t22-,25-. The second-order valence-electron chi connectivity index (χ2n) is 12.5. The van der Waals surface area contributed by atoms with E-state index in [2.05, 4.69) is 37.2 Å². The average molecular weight is 629 g/mol. The Kier molecular flexibility index (Phi) is 11.5. The topological polar surface area (TPSA) is 128 Å². The molecule has 0 unspecified atom stereocenters. The number of rotatable bonds is 17. The summed E-state index contributed by atoms with van der Waals surface area (Å²) < 4.78 is 40.7. The van der Waals surface area contributed by atoms with Gasteiger partial charge in [0.05, 0.1) is 11.7 Å². The number of amides is 1. The fraction of sp³-hybridized carbons (Fsp3) is 0.625. The Labute approximate surface area is 263 Å². The molecule has 0 spiro atoms. The number of nitrogens with zero attached hydrogens (tertiary/aromatic N) is 6. The van der Waals surface area contributed by atoms with Crippen molar-refractivity contribution in [3.8, 4) is 11.5 Å². The first-order chi connectivity index (χ1) is 21.8. The van der Waals surface area contributed by atoms with Crippen LogP contribution in [-0.2, 0) is 4.74 Å². The normalized spacial score (nSPS) is 18.6. The first-order valence-corrected chi connectivity index (χ1v) is 16.1. The van der Waals surface area contributed by atoms with Crippen LogP contribution in [0.3, 0.4) is 0 Å². The molecule has 2 saturated carbocycles. The molecule has 13 heteroatoms. The first kappa shape index (κ1) is 33.0. The molecular formula is C32H46F2N8O3. The summed E-state index contributed by atoms with van der Waals surface area (Å²) in [6.07, 6.45) is 9.60. The molecule has 0 aliphatic heterocycles. The third kappa shape index (κ3) is 9.30. The van der Waals surface area contributed by atoms with Crippen LogP contribution in [0, 0.1) is 11.8 Å². The van der Waals surface area contributed by atoms with Crippen molar-refractivity contribution in [3.05, 3.63) is 42.2 Å². The number of alkyl halides is 2. The number of hydrogen-bond acceptors (Lipinski definition) is 9. The van der Waals surface area contributed by atoms with Crippen LogP contribution in [0.15, 0.2) is 35.2 Å². The minimum Gasteiger partial charge on any atom is -0.444 e.